The lowest BCUT2D eigenvalue weighted by Gasteiger charge is -2.18. The molecule has 1 aliphatic rings. The maximum atomic E-state index is 11.6. The monoisotopic (exact) mass is 264 g/mol. The highest BCUT2D eigenvalue weighted by molar-refractivity contribution is 5.77. The molecule has 1 amide bonds. The summed E-state index contributed by atoms with van der Waals surface area (Å²) in [6, 6.07) is 1.84. The van der Waals surface area contributed by atoms with Crippen LogP contribution in [0.25, 0.3) is 0 Å². The molecular weight excluding hydrogens is 244 g/mol. The molecule has 1 heterocycles. The molecule has 0 aromatic carbocycles. The minimum Gasteiger partial charge on any atom is -0.483 e. The number of nitrogens with zero attached hydrogens (tertiary/aromatic N) is 1. The number of rotatable bonds is 6. The number of hydrogen-bond acceptors (Lipinski definition) is 4. The maximum absolute atomic E-state index is 11.6. The van der Waals surface area contributed by atoms with Crippen LogP contribution in [0.15, 0.2) is 12.3 Å². The van der Waals surface area contributed by atoms with Crippen LogP contribution in [0.4, 0.5) is 0 Å². The van der Waals surface area contributed by atoms with E-state index >= 15 is 0 Å². The summed E-state index contributed by atoms with van der Waals surface area (Å²) in [6.07, 6.45) is 6.09. The van der Waals surface area contributed by atoms with Crippen LogP contribution in [-0.4, -0.2) is 37.8 Å². The molecule has 0 saturated heterocycles. The smallest absolute Gasteiger partial charge is 0.258 e. The zero-order chi connectivity index (χ0) is 13.5. The number of amides is 1. The van der Waals surface area contributed by atoms with Crippen LogP contribution in [0.5, 0.6) is 5.75 Å². The van der Waals surface area contributed by atoms with Gasteiger partial charge in [0.2, 0.25) is 0 Å². The summed E-state index contributed by atoms with van der Waals surface area (Å²) in [5.74, 6) is 0.671. The Morgan fingerprint density at radius 1 is 1.42 bits per heavy atom. The third-order valence-corrected chi connectivity index (χ3v) is 3.18. The van der Waals surface area contributed by atoms with E-state index in [1.54, 1.807) is 13.3 Å². The predicted molar refractivity (Wildman–Crippen MR) is 71.3 cm³/mol. The van der Waals surface area contributed by atoms with E-state index in [1.165, 1.54) is 12.0 Å². The Morgan fingerprint density at radius 3 is 3.11 bits per heavy atom. The van der Waals surface area contributed by atoms with Gasteiger partial charge in [-0.1, -0.05) is 0 Å². The van der Waals surface area contributed by atoms with E-state index in [4.69, 9.17) is 9.47 Å². The van der Waals surface area contributed by atoms with Gasteiger partial charge >= 0.3 is 0 Å². The number of aryl methyl sites for hydroxylation is 1. The predicted octanol–water partition coefficient (Wildman–Crippen LogP) is 1.10. The molecule has 1 aliphatic carbocycles. The quantitative estimate of drug-likeness (QED) is 0.782. The number of hydrogen-bond donors (Lipinski definition) is 1. The lowest BCUT2D eigenvalue weighted by atomic mass is 9.95. The molecule has 0 bridgehead atoms. The molecular formula is C14H20N2O3. The summed E-state index contributed by atoms with van der Waals surface area (Å²) in [6.45, 7) is 1.06. The molecule has 0 saturated carbocycles. The van der Waals surface area contributed by atoms with E-state index < -0.39 is 0 Å². The van der Waals surface area contributed by atoms with E-state index in [0.29, 0.717) is 13.2 Å². The molecule has 0 atom stereocenters. The molecule has 1 N–H and O–H groups in total. The first-order chi connectivity index (χ1) is 9.31. The van der Waals surface area contributed by atoms with Crippen molar-refractivity contribution < 1.29 is 14.3 Å². The summed E-state index contributed by atoms with van der Waals surface area (Å²) >= 11 is 0. The lowest BCUT2D eigenvalue weighted by molar-refractivity contribution is -0.123. The van der Waals surface area contributed by atoms with Crippen LogP contribution in [0.2, 0.25) is 0 Å². The Hall–Kier alpha value is -1.62. The van der Waals surface area contributed by atoms with Crippen molar-refractivity contribution in [3.63, 3.8) is 0 Å². The van der Waals surface area contributed by atoms with Gasteiger partial charge in [0.25, 0.3) is 5.91 Å². The zero-order valence-corrected chi connectivity index (χ0v) is 11.3. The van der Waals surface area contributed by atoms with Crippen LogP contribution in [0.3, 0.4) is 0 Å². The van der Waals surface area contributed by atoms with Gasteiger partial charge in [-0.05, 0) is 31.7 Å². The Kier molecular flexibility index (Phi) is 5.15. The third kappa shape index (κ3) is 3.92. The first kappa shape index (κ1) is 13.8. The van der Waals surface area contributed by atoms with Gasteiger partial charge < -0.3 is 14.8 Å². The lowest BCUT2D eigenvalue weighted by Crippen LogP contribution is -2.31. The Labute approximate surface area is 113 Å². The molecule has 5 nitrogen and oxygen atoms in total. The van der Waals surface area contributed by atoms with Gasteiger partial charge in [0, 0.05) is 31.1 Å². The van der Waals surface area contributed by atoms with Gasteiger partial charge in [0.1, 0.15) is 5.75 Å². The van der Waals surface area contributed by atoms with Crippen molar-refractivity contribution in [2.45, 2.75) is 25.7 Å². The normalized spacial score (nSPS) is 13.7. The van der Waals surface area contributed by atoms with E-state index in [0.717, 1.165) is 30.7 Å². The summed E-state index contributed by atoms with van der Waals surface area (Å²) in [7, 11) is 1.60. The summed E-state index contributed by atoms with van der Waals surface area (Å²) < 4.78 is 10.5. The number of pyridine rings is 1. The van der Waals surface area contributed by atoms with Crippen molar-refractivity contribution in [2.75, 3.05) is 26.9 Å². The molecule has 104 valence electrons. The number of methoxy groups -OCH3 is 1. The summed E-state index contributed by atoms with van der Waals surface area (Å²) in [5.41, 5.74) is 2.28. The fraction of sp³-hybridized carbons (Fsp3) is 0.571. The van der Waals surface area contributed by atoms with Crippen molar-refractivity contribution in [3.05, 3.63) is 23.5 Å². The highest BCUT2D eigenvalue weighted by Crippen LogP contribution is 2.27. The number of aromatic nitrogens is 1. The average Bonchev–Trinajstić information content (AvgIpc) is 2.45. The Morgan fingerprint density at radius 2 is 2.26 bits per heavy atom. The van der Waals surface area contributed by atoms with E-state index in [9.17, 15) is 4.79 Å². The molecule has 0 fully saturated rings. The van der Waals surface area contributed by atoms with E-state index in [2.05, 4.69) is 10.3 Å². The number of carbonyl (C=O) groups is 1. The molecule has 1 aromatic rings. The van der Waals surface area contributed by atoms with Crippen LogP contribution in [0, 0.1) is 0 Å². The summed E-state index contributed by atoms with van der Waals surface area (Å²) in [4.78, 5) is 15.9. The van der Waals surface area contributed by atoms with Gasteiger partial charge in [-0.25, -0.2) is 0 Å². The Bertz CT molecular complexity index is 435. The Balaban J connectivity index is 1.87. The van der Waals surface area contributed by atoms with Crippen LogP contribution in [-0.2, 0) is 22.4 Å². The maximum Gasteiger partial charge on any atom is 0.258 e. The molecule has 2 rings (SSSR count). The van der Waals surface area contributed by atoms with Gasteiger partial charge in [0.15, 0.2) is 6.61 Å². The average molecular weight is 264 g/mol. The van der Waals surface area contributed by atoms with Gasteiger partial charge in [0.05, 0.1) is 6.61 Å². The minimum absolute atomic E-state index is 0.0418. The summed E-state index contributed by atoms with van der Waals surface area (Å²) in [5, 5.41) is 2.73. The zero-order valence-electron chi connectivity index (χ0n) is 11.3. The number of fused-ring (bicyclic) bond motifs is 1. The van der Waals surface area contributed by atoms with Crippen molar-refractivity contribution in [3.8, 4) is 5.75 Å². The SMILES string of the molecule is COCCNC(=O)COc1ccnc2c1CCCC2. The molecule has 19 heavy (non-hydrogen) atoms. The van der Waals surface area contributed by atoms with Crippen LogP contribution in [0.1, 0.15) is 24.1 Å². The first-order valence-electron chi connectivity index (χ1n) is 6.66. The van der Waals surface area contributed by atoms with E-state index in [-0.39, 0.29) is 12.5 Å². The number of ether oxygens (including phenoxy) is 2. The molecule has 1 aromatic heterocycles. The largest absolute Gasteiger partial charge is 0.483 e. The highest BCUT2D eigenvalue weighted by Gasteiger charge is 2.15. The van der Waals surface area contributed by atoms with E-state index in [1.807, 2.05) is 6.07 Å². The second-order valence-electron chi connectivity index (χ2n) is 4.57. The van der Waals surface area contributed by atoms with Crippen molar-refractivity contribution in [1.29, 1.82) is 0 Å². The topological polar surface area (TPSA) is 60.5 Å². The number of carbonyl (C=O) groups excluding carboxylic acids is 1. The van der Waals surface area contributed by atoms with Crippen LogP contribution < -0.4 is 10.1 Å². The molecule has 0 spiro atoms. The molecule has 0 unspecified atom stereocenters. The van der Waals surface area contributed by atoms with Crippen molar-refractivity contribution in [1.82, 2.24) is 10.3 Å². The first-order valence-corrected chi connectivity index (χ1v) is 6.66. The standard InChI is InChI=1S/C14H20N2O3/c1-18-9-8-16-14(17)10-19-13-6-7-15-12-5-3-2-4-11(12)13/h6-7H,2-5,8-10H2,1H3,(H,16,17). The molecule has 0 radical (unpaired) electrons. The minimum atomic E-state index is -0.126. The van der Waals surface area contributed by atoms with Crippen molar-refractivity contribution >= 4 is 5.91 Å². The molecule has 5 heteroatoms. The van der Waals surface area contributed by atoms with Gasteiger partial charge in [-0.2, -0.15) is 0 Å². The van der Waals surface area contributed by atoms with Gasteiger partial charge in [-0.3, -0.25) is 9.78 Å². The molecule has 0 aliphatic heterocycles. The van der Waals surface area contributed by atoms with Crippen molar-refractivity contribution in [2.24, 2.45) is 0 Å². The second kappa shape index (κ2) is 7.09. The third-order valence-electron chi connectivity index (χ3n) is 3.18. The highest BCUT2D eigenvalue weighted by atomic mass is 16.5. The van der Waals surface area contributed by atoms with Crippen LogP contribution >= 0.6 is 0 Å². The fourth-order valence-corrected chi connectivity index (χ4v) is 2.21. The van der Waals surface area contributed by atoms with Gasteiger partial charge in [-0.15, -0.1) is 0 Å². The second-order valence-corrected chi connectivity index (χ2v) is 4.57. The fourth-order valence-electron chi connectivity index (χ4n) is 2.21. The number of nitrogens with one attached hydrogen (secondary N) is 1.